The van der Waals surface area contributed by atoms with E-state index in [9.17, 15) is 14.4 Å². The number of H-pyrrole nitrogens is 1. The fraction of sp³-hybridized carbons (Fsp3) is 0.233. The predicted octanol–water partition coefficient (Wildman–Crippen LogP) is 4.23. The molecule has 0 saturated heterocycles. The highest BCUT2D eigenvalue weighted by Crippen LogP contribution is 2.26. The van der Waals surface area contributed by atoms with Crippen LogP contribution in [-0.2, 0) is 16.1 Å². The maximum atomic E-state index is 13.2. The van der Waals surface area contributed by atoms with Crippen LogP contribution in [0.3, 0.4) is 0 Å². The van der Waals surface area contributed by atoms with Gasteiger partial charge in [0.1, 0.15) is 12.4 Å². The average Bonchev–Trinajstić information content (AvgIpc) is 3.44. The molecule has 0 aliphatic carbocycles. The Morgan fingerprint density at radius 2 is 1.67 bits per heavy atom. The van der Waals surface area contributed by atoms with Crippen molar-refractivity contribution in [3.05, 3.63) is 95.4 Å². The number of amides is 2. The Kier molecular flexibility index (Phi) is 7.77. The molecule has 4 N–H and O–H groups in total. The molecule has 2 amide bonds. The molecule has 9 nitrogen and oxygen atoms in total. The van der Waals surface area contributed by atoms with Crippen molar-refractivity contribution in [3.8, 4) is 11.3 Å². The third-order valence-electron chi connectivity index (χ3n) is 6.81. The van der Waals surface area contributed by atoms with Crippen molar-refractivity contribution < 1.29 is 9.59 Å². The number of unbranched alkanes of at least 4 members (excludes halogenated alkanes) is 2. The molecule has 0 bridgehead atoms. The number of rotatable bonds is 11. The second-order valence-corrected chi connectivity index (χ2v) is 9.62. The van der Waals surface area contributed by atoms with Crippen LogP contribution in [0.2, 0.25) is 0 Å². The minimum atomic E-state index is -0.483. The Hall–Kier alpha value is -4.79. The third kappa shape index (κ3) is 6.20. The SMILES string of the molecule is NC(=O)CCCCC[C@H](NC(=O)Cn1c(=O)ncc2ccccc21)c1ncc(-c2ccc3ccccc3c2)[nH]1. The molecule has 198 valence electrons. The zero-order chi connectivity index (χ0) is 27.2. The van der Waals surface area contributed by atoms with E-state index in [1.54, 1.807) is 12.3 Å². The number of fused-ring (bicyclic) bond motifs is 2. The van der Waals surface area contributed by atoms with Gasteiger partial charge in [-0.1, -0.05) is 67.4 Å². The average molecular weight is 523 g/mol. The van der Waals surface area contributed by atoms with Crippen molar-refractivity contribution >= 4 is 33.5 Å². The number of imidazole rings is 1. The predicted molar refractivity (Wildman–Crippen MR) is 151 cm³/mol. The topological polar surface area (TPSA) is 136 Å². The van der Waals surface area contributed by atoms with Crippen molar-refractivity contribution in [3.63, 3.8) is 0 Å². The molecule has 5 rings (SSSR count). The van der Waals surface area contributed by atoms with Crippen LogP contribution in [0.25, 0.3) is 32.9 Å². The first-order chi connectivity index (χ1) is 19.0. The largest absolute Gasteiger partial charge is 0.370 e. The lowest BCUT2D eigenvalue weighted by molar-refractivity contribution is -0.122. The van der Waals surface area contributed by atoms with Crippen LogP contribution in [0.15, 0.2) is 83.9 Å². The van der Waals surface area contributed by atoms with E-state index in [4.69, 9.17) is 5.73 Å². The van der Waals surface area contributed by atoms with Gasteiger partial charge in [-0.3, -0.25) is 14.2 Å². The second kappa shape index (κ2) is 11.7. The van der Waals surface area contributed by atoms with Crippen LogP contribution in [0, 0.1) is 0 Å². The van der Waals surface area contributed by atoms with Crippen LogP contribution in [-0.4, -0.2) is 31.3 Å². The third-order valence-corrected chi connectivity index (χ3v) is 6.81. The van der Waals surface area contributed by atoms with Gasteiger partial charge in [0.25, 0.3) is 0 Å². The minimum Gasteiger partial charge on any atom is -0.370 e. The highest BCUT2D eigenvalue weighted by atomic mass is 16.2. The van der Waals surface area contributed by atoms with Gasteiger partial charge in [0.05, 0.1) is 23.4 Å². The van der Waals surface area contributed by atoms with Gasteiger partial charge in [0, 0.05) is 23.6 Å². The summed E-state index contributed by atoms with van der Waals surface area (Å²) in [5.41, 5.74) is 7.27. The molecule has 3 aromatic carbocycles. The van der Waals surface area contributed by atoms with Crippen LogP contribution in [0.5, 0.6) is 0 Å². The summed E-state index contributed by atoms with van der Waals surface area (Å²) >= 11 is 0. The molecule has 0 aliphatic rings. The number of hydrogen-bond donors (Lipinski definition) is 3. The fourth-order valence-corrected chi connectivity index (χ4v) is 4.80. The molecule has 1 atom stereocenters. The van der Waals surface area contributed by atoms with E-state index in [0.29, 0.717) is 30.6 Å². The number of aromatic nitrogens is 4. The molecule has 39 heavy (non-hydrogen) atoms. The highest BCUT2D eigenvalue weighted by Gasteiger charge is 2.19. The number of carbonyl (C=O) groups excluding carboxylic acids is 2. The summed E-state index contributed by atoms with van der Waals surface area (Å²) in [7, 11) is 0. The summed E-state index contributed by atoms with van der Waals surface area (Å²) in [5.74, 6) is -0.00843. The smallest absolute Gasteiger partial charge is 0.348 e. The molecule has 0 radical (unpaired) electrons. The molecular formula is C30H30N6O3. The first-order valence-corrected chi connectivity index (χ1v) is 13.0. The number of aromatic amines is 1. The normalized spacial score (nSPS) is 12.0. The molecule has 5 aromatic rings. The molecular weight excluding hydrogens is 492 g/mol. The first-order valence-electron chi connectivity index (χ1n) is 13.0. The number of nitrogens with one attached hydrogen (secondary N) is 2. The molecule has 0 spiro atoms. The summed E-state index contributed by atoms with van der Waals surface area (Å²) in [6.45, 7) is -0.163. The van der Waals surface area contributed by atoms with Gasteiger partial charge in [-0.25, -0.2) is 14.8 Å². The fourth-order valence-electron chi connectivity index (χ4n) is 4.80. The minimum absolute atomic E-state index is 0.163. The van der Waals surface area contributed by atoms with Crippen molar-refractivity contribution in [1.82, 2.24) is 24.8 Å². The van der Waals surface area contributed by atoms with E-state index < -0.39 is 11.7 Å². The van der Waals surface area contributed by atoms with E-state index in [1.807, 2.05) is 36.4 Å². The van der Waals surface area contributed by atoms with Crippen molar-refractivity contribution in [1.29, 1.82) is 0 Å². The maximum Gasteiger partial charge on any atom is 0.348 e. The van der Waals surface area contributed by atoms with Crippen LogP contribution < -0.4 is 16.7 Å². The zero-order valence-electron chi connectivity index (χ0n) is 21.5. The molecule has 2 heterocycles. The van der Waals surface area contributed by atoms with E-state index in [2.05, 4.69) is 44.5 Å². The lowest BCUT2D eigenvalue weighted by atomic mass is 10.1. The highest BCUT2D eigenvalue weighted by molar-refractivity contribution is 5.86. The van der Waals surface area contributed by atoms with Gasteiger partial charge in [-0.05, 0) is 35.7 Å². The monoisotopic (exact) mass is 522 g/mol. The number of nitrogens with two attached hydrogens (primary N) is 1. The van der Waals surface area contributed by atoms with Crippen molar-refractivity contribution in [2.24, 2.45) is 5.73 Å². The van der Waals surface area contributed by atoms with Crippen LogP contribution >= 0.6 is 0 Å². The van der Waals surface area contributed by atoms with Crippen molar-refractivity contribution in [2.75, 3.05) is 0 Å². The zero-order valence-corrected chi connectivity index (χ0v) is 21.5. The Balaban J connectivity index is 1.36. The van der Waals surface area contributed by atoms with E-state index in [0.717, 1.165) is 40.3 Å². The van der Waals surface area contributed by atoms with Crippen LogP contribution in [0.1, 0.15) is 44.0 Å². The summed E-state index contributed by atoms with van der Waals surface area (Å²) in [5, 5.41) is 6.11. The van der Waals surface area contributed by atoms with Gasteiger partial charge in [-0.15, -0.1) is 0 Å². The number of para-hydroxylation sites is 1. The molecule has 9 heteroatoms. The Labute approximate surface area is 225 Å². The lowest BCUT2D eigenvalue weighted by Gasteiger charge is -2.18. The maximum absolute atomic E-state index is 13.2. The van der Waals surface area contributed by atoms with Gasteiger partial charge in [0.2, 0.25) is 11.8 Å². The number of nitrogens with zero attached hydrogens (tertiary/aromatic N) is 3. The van der Waals surface area contributed by atoms with Gasteiger partial charge >= 0.3 is 5.69 Å². The van der Waals surface area contributed by atoms with E-state index in [-0.39, 0.29) is 18.4 Å². The van der Waals surface area contributed by atoms with Gasteiger partial charge < -0.3 is 16.0 Å². The number of carbonyl (C=O) groups is 2. The first kappa shape index (κ1) is 25.8. The quantitative estimate of drug-likeness (QED) is 0.223. The summed E-state index contributed by atoms with van der Waals surface area (Å²) < 4.78 is 1.37. The van der Waals surface area contributed by atoms with E-state index >= 15 is 0 Å². The van der Waals surface area contributed by atoms with Crippen molar-refractivity contribution in [2.45, 2.75) is 44.7 Å². The Morgan fingerprint density at radius 1 is 0.897 bits per heavy atom. The number of primary amides is 1. The summed E-state index contributed by atoms with van der Waals surface area (Å²) in [4.78, 5) is 48.7. The molecule has 0 fully saturated rings. The second-order valence-electron chi connectivity index (χ2n) is 9.62. The van der Waals surface area contributed by atoms with Gasteiger partial charge in [0.15, 0.2) is 0 Å². The molecule has 0 aliphatic heterocycles. The summed E-state index contributed by atoms with van der Waals surface area (Å²) in [6, 6.07) is 21.3. The Morgan fingerprint density at radius 3 is 2.49 bits per heavy atom. The standard InChI is InChI=1S/C30H30N6O3/c31-27(37)13-3-1-2-11-24(34-28(38)19-36-26-12-7-6-10-23(26)17-33-30(36)39)29-32-18-25(35-29)22-15-14-20-8-4-5-9-21(20)16-22/h4-10,12,14-18,24H,1-3,11,13,19H2,(H2,31,37)(H,32,35)(H,34,38)/t24-/m0/s1. The molecule has 2 aromatic heterocycles. The van der Waals surface area contributed by atoms with E-state index in [1.165, 1.54) is 10.8 Å². The molecule has 0 unspecified atom stereocenters. The number of benzene rings is 3. The number of hydrogen-bond acceptors (Lipinski definition) is 5. The van der Waals surface area contributed by atoms with Gasteiger partial charge in [-0.2, -0.15) is 0 Å². The lowest BCUT2D eigenvalue weighted by Crippen LogP contribution is -2.36. The molecule has 0 saturated carbocycles. The Bertz CT molecular complexity index is 1690. The van der Waals surface area contributed by atoms with Crippen LogP contribution in [0.4, 0.5) is 0 Å². The summed E-state index contributed by atoms with van der Waals surface area (Å²) in [6.07, 6.45) is 6.47.